The highest BCUT2D eigenvalue weighted by atomic mass is 16.3. The molecule has 0 aliphatic heterocycles. The fourth-order valence-electron chi connectivity index (χ4n) is 4.01. The van der Waals surface area contributed by atoms with E-state index in [4.69, 9.17) is 10.1 Å². The van der Waals surface area contributed by atoms with E-state index in [2.05, 4.69) is 33.1 Å². The molecule has 0 amide bonds. The van der Waals surface area contributed by atoms with Crippen molar-refractivity contribution in [3.05, 3.63) is 43.2 Å². The molecular weight excluding hydrogens is 394 g/mol. The maximum absolute atomic E-state index is 9.67. The first kappa shape index (κ1) is 19.9. The molecule has 1 fully saturated rings. The van der Waals surface area contributed by atoms with Crippen molar-refractivity contribution in [1.29, 1.82) is 0 Å². The molecule has 5 rings (SSSR count). The zero-order valence-corrected chi connectivity index (χ0v) is 17.5. The van der Waals surface area contributed by atoms with Gasteiger partial charge in [-0.05, 0) is 24.8 Å². The Hall–Kier alpha value is -3.04. The summed E-state index contributed by atoms with van der Waals surface area (Å²) in [5.74, 6) is 0.849. The van der Waals surface area contributed by atoms with Gasteiger partial charge in [-0.25, -0.2) is 9.50 Å². The molecule has 0 bridgehead atoms. The molecule has 0 spiro atoms. The van der Waals surface area contributed by atoms with Crippen molar-refractivity contribution in [1.82, 2.24) is 34.2 Å². The van der Waals surface area contributed by atoms with E-state index in [9.17, 15) is 5.11 Å². The summed E-state index contributed by atoms with van der Waals surface area (Å²) >= 11 is 0. The summed E-state index contributed by atoms with van der Waals surface area (Å²) in [5, 5.41) is 32.1. The van der Waals surface area contributed by atoms with Gasteiger partial charge in [-0.3, -0.25) is 9.36 Å². The summed E-state index contributed by atoms with van der Waals surface area (Å²) in [5.41, 5.74) is 4.25. The van der Waals surface area contributed by atoms with Crippen LogP contribution in [-0.4, -0.2) is 57.1 Å². The van der Waals surface area contributed by atoms with Crippen LogP contribution >= 0.6 is 0 Å². The summed E-state index contributed by atoms with van der Waals surface area (Å²) in [6.07, 6.45) is 15.2. The fourth-order valence-corrected chi connectivity index (χ4v) is 4.01. The van der Waals surface area contributed by atoms with E-state index < -0.39 is 6.10 Å². The lowest BCUT2D eigenvalue weighted by Crippen LogP contribution is -2.19. The molecule has 4 aromatic heterocycles. The van der Waals surface area contributed by atoms with E-state index in [1.165, 1.54) is 19.3 Å². The van der Waals surface area contributed by atoms with Crippen LogP contribution in [0.15, 0.2) is 43.2 Å². The summed E-state index contributed by atoms with van der Waals surface area (Å²) in [6.45, 7) is 2.13. The summed E-state index contributed by atoms with van der Waals surface area (Å²) in [6, 6.07) is 2.37. The number of aliphatic hydroxyl groups is 2. The van der Waals surface area contributed by atoms with E-state index in [1.807, 2.05) is 29.2 Å². The van der Waals surface area contributed by atoms with Gasteiger partial charge in [-0.1, -0.05) is 19.8 Å². The smallest absolute Gasteiger partial charge is 0.0999 e. The van der Waals surface area contributed by atoms with Crippen molar-refractivity contribution in [2.45, 2.75) is 51.3 Å². The Morgan fingerprint density at radius 2 is 1.94 bits per heavy atom. The number of aromatic nitrogens is 7. The number of nitrogens with zero attached hydrogens (tertiary/aromatic N) is 7. The highest BCUT2D eigenvalue weighted by Crippen LogP contribution is 2.38. The predicted octanol–water partition coefficient (Wildman–Crippen LogP) is 2.56. The van der Waals surface area contributed by atoms with Gasteiger partial charge >= 0.3 is 0 Å². The van der Waals surface area contributed by atoms with Gasteiger partial charge in [0.15, 0.2) is 0 Å². The van der Waals surface area contributed by atoms with Crippen LogP contribution in [0.4, 0.5) is 0 Å². The Labute approximate surface area is 180 Å². The van der Waals surface area contributed by atoms with Gasteiger partial charge < -0.3 is 10.2 Å². The SMILES string of the molecule is CCC(CC1CC1)n1cc(-c2nc(-c3cnn(CC(O)CO)c3)cn3nccc23)cn1. The molecule has 0 aromatic carbocycles. The minimum atomic E-state index is -0.849. The predicted molar refractivity (Wildman–Crippen MR) is 115 cm³/mol. The molecule has 1 aliphatic carbocycles. The third-order valence-electron chi connectivity index (χ3n) is 5.95. The zero-order chi connectivity index (χ0) is 21.4. The zero-order valence-electron chi connectivity index (χ0n) is 17.5. The van der Waals surface area contributed by atoms with Crippen molar-refractivity contribution in [2.24, 2.45) is 5.92 Å². The van der Waals surface area contributed by atoms with Gasteiger partial charge in [0.2, 0.25) is 0 Å². The van der Waals surface area contributed by atoms with E-state index >= 15 is 0 Å². The monoisotopic (exact) mass is 421 g/mol. The molecule has 4 aromatic rings. The van der Waals surface area contributed by atoms with E-state index in [0.29, 0.717) is 6.04 Å². The second kappa shape index (κ2) is 8.24. The largest absolute Gasteiger partial charge is 0.394 e. The second-order valence-electron chi connectivity index (χ2n) is 8.37. The molecule has 9 heteroatoms. The fraction of sp³-hybridized carbons (Fsp3) is 0.455. The van der Waals surface area contributed by atoms with Gasteiger partial charge in [0, 0.05) is 23.5 Å². The molecule has 1 aliphatic rings. The van der Waals surface area contributed by atoms with Gasteiger partial charge in [0.1, 0.15) is 0 Å². The number of fused-ring (bicyclic) bond motifs is 1. The average molecular weight is 422 g/mol. The van der Waals surface area contributed by atoms with E-state index in [1.54, 1.807) is 17.1 Å². The van der Waals surface area contributed by atoms with Gasteiger partial charge in [0.25, 0.3) is 0 Å². The van der Waals surface area contributed by atoms with Crippen molar-refractivity contribution >= 4 is 5.52 Å². The summed E-state index contributed by atoms with van der Waals surface area (Å²) in [7, 11) is 0. The van der Waals surface area contributed by atoms with Crippen molar-refractivity contribution in [2.75, 3.05) is 6.61 Å². The first-order valence-corrected chi connectivity index (χ1v) is 10.8. The molecule has 2 N–H and O–H groups in total. The highest BCUT2D eigenvalue weighted by Gasteiger charge is 2.26. The normalized spacial score (nSPS) is 16.1. The topological polar surface area (TPSA) is 106 Å². The van der Waals surface area contributed by atoms with Crippen LogP contribution < -0.4 is 0 Å². The first-order chi connectivity index (χ1) is 15.1. The van der Waals surface area contributed by atoms with Crippen LogP contribution in [0, 0.1) is 5.92 Å². The lowest BCUT2D eigenvalue weighted by atomic mass is 10.1. The number of aliphatic hydroxyl groups excluding tert-OH is 2. The van der Waals surface area contributed by atoms with Crippen LogP contribution in [-0.2, 0) is 6.54 Å². The quantitative estimate of drug-likeness (QED) is 0.430. The van der Waals surface area contributed by atoms with Gasteiger partial charge in [-0.15, -0.1) is 0 Å². The second-order valence-corrected chi connectivity index (χ2v) is 8.37. The Morgan fingerprint density at radius 1 is 1.10 bits per heavy atom. The maximum Gasteiger partial charge on any atom is 0.0999 e. The van der Waals surface area contributed by atoms with E-state index in [0.717, 1.165) is 40.4 Å². The molecule has 2 atom stereocenters. The Bertz CT molecular complexity index is 1170. The molecule has 2 unspecified atom stereocenters. The third-order valence-corrected chi connectivity index (χ3v) is 5.95. The standard InChI is InChI=1S/C22H27N7O2/c1-2-18(7-15-3-4-15)28-11-17(9-25-28)22-21-5-6-23-29(21)13-20(26-22)16-8-24-27(10-16)12-19(31)14-30/h5-6,8-11,13,15,18-19,30-31H,2-4,7,12,14H2,1H3. The minimum absolute atomic E-state index is 0.222. The van der Waals surface area contributed by atoms with E-state index in [-0.39, 0.29) is 13.2 Å². The van der Waals surface area contributed by atoms with Crippen molar-refractivity contribution in [3.63, 3.8) is 0 Å². The summed E-state index contributed by atoms with van der Waals surface area (Å²) < 4.78 is 5.51. The van der Waals surface area contributed by atoms with Crippen molar-refractivity contribution in [3.8, 4) is 22.5 Å². The van der Waals surface area contributed by atoms with Crippen LogP contribution in [0.25, 0.3) is 28.0 Å². The molecule has 9 nitrogen and oxygen atoms in total. The molecule has 1 saturated carbocycles. The Kier molecular flexibility index (Phi) is 5.29. The van der Waals surface area contributed by atoms with Crippen LogP contribution in [0.2, 0.25) is 0 Å². The van der Waals surface area contributed by atoms with Crippen LogP contribution in [0.3, 0.4) is 0 Å². The molecule has 0 radical (unpaired) electrons. The van der Waals surface area contributed by atoms with Gasteiger partial charge in [-0.2, -0.15) is 15.3 Å². The molecule has 0 saturated heterocycles. The Balaban J connectivity index is 1.49. The van der Waals surface area contributed by atoms with Crippen LogP contribution in [0.1, 0.15) is 38.6 Å². The molecule has 4 heterocycles. The maximum atomic E-state index is 9.67. The van der Waals surface area contributed by atoms with Crippen molar-refractivity contribution < 1.29 is 10.2 Å². The molecule has 31 heavy (non-hydrogen) atoms. The van der Waals surface area contributed by atoms with Crippen LogP contribution in [0.5, 0.6) is 0 Å². The molecular formula is C22H27N7O2. The first-order valence-electron chi connectivity index (χ1n) is 10.8. The van der Waals surface area contributed by atoms with Gasteiger partial charge in [0.05, 0.1) is 67.0 Å². The Morgan fingerprint density at radius 3 is 2.71 bits per heavy atom. The number of hydrogen-bond donors (Lipinski definition) is 2. The number of hydrogen-bond acceptors (Lipinski definition) is 6. The molecule has 162 valence electrons. The summed E-state index contributed by atoms with van der Waals surface area (Å²) in [4.78, 5) is 4.92. The number of rotatable bonds is 9. The average Bonchev–Trinajstić information content (AvgIpc) is 3.18. The third kappa shape index (κ3) is 4.11. The lowest BCUT2D eigenvalue weighted by molar-refractivity contribution is 0.0783. The lowest BCUT2D eigenvalue weighted by Gasteiger charge is -2.14. The highest BCUT2D eigenvalue weighted by molar-refractivity contribution is 5.78. The minimum Gasteiger partial charge on any atom is -0.394 e.